The van der Waals surface area contributed by atoms with Gasteiger partial charge in [0.05, 0.1) is 17.5 Å². The van der Waals surface area contributed by atoms with Gasteiger partial charge >= 0.3 is 0 Å². The Morgan fingerprint density at radius 3 is 2.93 bits per heavy atom. The highest BCUT2D eigenvalue weighted by atomic mass is 16.5. The molecule has 0 radical (unpaired) electrons. The van der Waals surface area contributed by atoms with Crippen molar-refractivity contribution in [3.05, 3.63) is 46.6 Å². The lowest BCUT2D eigenvalue weighted by atomic mass is 9.86. The molecule has 1 saturated carbocycles. The Morgan fingerprint density at radius 1 is 1.25 bits per heavy atom. The first-order valence-corrected chi connectivity index (χ1v) is 9.98. The minimum absolute atomic E-state index is 0.0436. The molecule has 28 heavy (non-hydrogen) atoms. The number of methoxy groups -OCH3 is 1. The molecule has 2 aromatic rings. The number of nitrogens with one attached hydrogen (secondary N) is 1. The van der Waals surface area contributed by atoms with Crippen LogP contribution in [0.3, 0.4) is 0 Å². The molecule has 2 fully saturated rings. The van der Waals surface area contributed by atoms with Crippen LogP contribution in [0.4, 0.5) is 0 Å². The van der Waals surface area contributed by atoms with E-state index in [-0.39, 0.29) is 29.4 Å². The summed E-state index contributed by atoms with van der Waals surface area (Å²) in [5.41, 5.74) is 1.05. The fourth-order valence-electron chi connectivity index (χ4n) is 4.34. The van der Waals surface area contributed by atoms with E-state index in [0.29, 0.717) is 30.3 Å². The molecular formula is C21H26N4O3. The molecule has 1 saturated heterocycles. The number of hydrogen-bond donors (Lipinski definition) is 1. The maximum atomic E-state index is 13.0. The fraction of sp³-hybridized carbons (Fsp3) is 0.524. The Bertz CT molecular complexity index is 883. The van der Waals surface area contributed by atoms with Crippen LogP contribution in [0.5, 0.6) is 0 Å². The number of hydrogen-bond acceptors (Lipinski definition) is 5. The van der Waals surface area contributed by atoms with Gasteiger partial charge in [-0.25, -0.2) is 4.98 Å². The SMILES string of the molecule is COC1CCCC(C(=O)N2CCC(c3nc(-c4ccccn4)cc(=O)[nH]3)C2)C1. The summed E-state index contributed by atoms with van der Waals surface area (Å²) in [5, 5.41) is 0. The molecule has 148 valence electrons. The van der Waals surface area contributed by atoms with E-state index in [1.807, 2.05) is 23.1 Å². The molecule has 3 heterocycles. The maximum absolute atomic E-state index is 13.0. The second-order valence-corrected chi connectivity index (χ2v) is 7.72. The van der Waals surface area contributed by atoms with Gasteiger partial charge in [-0.2, -0.15) is 0 Å². The van der Waals surface area contributed by atoms with Crippen molar-refractivity contribution >= 4 is 5.91 Å². The van der Waals surface area contributed by atoms with Crippen molar-refractivity contribution in [2.75, 3.05) is 20.2 Å². The highest BCUT2D eigenvalue weighted by Gasteiger charge is 2.35. The Hall–Kier alpha value is -2.54. The summed E-state index contributed by atoms with van der Waals surface area (Å²) in [7, 11) is 1.72. The molecule has 0 bridgehead atoms. The number of aromatic amines is 1. The van der Waals surface area contributed by atoms with Crippen molar-refractivity contribution in [3.8, 4) is 11.4 Å². The van der Waals surface area contributed by atoms with Crippen molar-refractivity contribution in [1.82, 2.24) is 19.9 Å². The van der Waals surface area contributed by atoms with Crippen molar-refractivity contribution in [2.24, 2.45) is 5.92 Å². The quantitative estimate of drug-likeness (QED) is 0.877. The van der Waals surface area contributed by atoms with E-state index in [1.165, 1.54) is 6.07 Å². The number of ether oxygens (including phenoxy) is 1. The zero-order valence-electron chi connectivity index (χ0n) is 16.1. The highest BCUT2D eigenvalue weighted by molar-refractivity contribution is 5.79. The van der Waals surface area contributed by atoms with E-state index in [4.69, 9.17) is 4.74 Å². The number of aromatic nitrogens is 3. The Kier molecular flexibility index (Phi) is 5.52. The molecular weight excluding hydrogens is 356 g/mol. The van der Waals surface area contributed by atoms with Crippen molar-refractivity contribution in [1.29, 1.82) is 0 Å². The van der Waals surface area contributed by atoms with Gasteiger partial charge in [0, 0.05) is 44.3 Å². The second-order valence-electron chi connectivity index (χ2n) is 7.72. The highest BCUT2D eigenvalue weighted by Crippen LogP contribution is 2.31. The van der Waals surface area contributed by atoms with Crippen LogP contribution in [-0.4, -0.2) is 52.1 Å². The Labute approximate surface area is 164 Å². The standard InChI is InChI=1S/C21H26N4O3/c1-28-16-6-4-5-14(11-16)21(27)25-10-8-15(13-25)20-23-18(12-19(26)24-20)17-7-2-3-9-22-17/h2-3,7,9,12,14-16H,4-6,8,10-11,13H2,1H3,(H,23,24,26). The van der Waals surface area contributed by atoms with Crippen molar-refractivity contribution < 1.29 is 9.53 Å². The summed E-state index contributed by atoms with van der Waals surface area (Å²) in [6, 6.07) is 7.01. The number of nitrogens with zero attached hydrogens (tertiary/aromatic N) is 3. The largest absolute Gasteiger partial charge is 0.381 e. The van der Waals surface area contributed by atoms with Gasteiger partial charge < -0.3 is 14.6 Å². The Morgan fingerprint density at radius 2 is 2.14 bits per heavy atom. The molecule has 0 spiro atoms. The molecule has 2 aliphatic rings. The lowest BCUT2D eigenvalue weighted by Crippen LogP contribution is -2.38. The van der Waals surface area contributed by atoms with Crippen LogP contribution in [0.25, 0.3) is 11.4 Å². The number of likely N-dealkylation sites (tertiary alicyclic amines) is 1. The van der Waals surface area contributed by atoms with E-state index in [0.717, 1.165) is 32.1 Å². The van der Waals surface area contributed by atoms with Gasteiger partial charge in [-0.3, -0.25) is 14.6 Å². The normalized spacial score (nSPS) is 25.0. The second kappa shape index (κ2) is 8.22. The molecule has 1 aliphatic heterocycles. The molecule has 1 amide bonds. The van der Waals surface area contributed by atoms with Gasteiger partial charge in [-0.05, 0) is 37.8 Å². The predicted molar refractivity (Wildman–Crippen MR) is 105 cm³/mol. The van der Waals surface area contributed by atoms with E-state index >= 15 is 0 Å². The average molecular weight is 382 g/mol. The van der Waals surface area contributed by atoms with Crippen LogP contribution in [-0.2, 0) is 9.53 Å². The van der Waals surface area contributed by atoms with Crippen LogP contribution in [0.1, 0.15) is 43.8 Å². The molecule has 7 heteroatoms. The van der Waals surface area contributed by atoms with Crippen LogP contribution < -0.4 is 5.56 Å². The third-order valence-electron chi connectivity index (χ3n) is 5.88. The molecule has 1 aliphatic carbocycles. The molecule has 4 rings (SSSR count). The van der Waals surface area contributed by atoms with Gasteiger partial charge in [-0.1, -0.05) is 12.5 Å². The van der Waals surface area contributed by atoms with E-state index < -0.39 is 0 Å². The number of carbonyl (C=O) groups is 1. The third-order valence-corrected chi connectivity index (χ3v) is 5.88. The average Bonchev–Trinajstić information content (AvgIpc) is 3.24. The fourth-order valence-corrected chi connectivity index (χ4v) is 4.34. The van der Waals surface area contributed by atoms with E-state index in [9.17, 15) is 9.59 Å². The summed E-state index contributed by atoms with van der Waals surface area (Å²) < 4.78 is 5.47. The molecule has 1 N–H and O–H groups in total. The molecule has 2 aromatic heterocycles. The van der Waals surface area contributed by atoms with Crippen LogP contribution in [0.2, 0.25) is 0 Å². The topological polar surface area (TPSA) is 88.2 Å². The summed E-state index contributed by atoms with van der Waals surface area (Å²) in [6.45, 7) is 1.30. The predicted octanol–water partition coefficient (Wildman–Crippen LogP) is 2.35. The first-order valence-electron chi connectivity index (χ1n) is 9.98. The zero-order valence-corrected chi connectivity index (χ0v) is 16.1. The van der Waals surface area contributed by atoms with Gasteiger partial charge in [0.25, 0.3) is 5.56 Å². The molecule has 7 nitrogen and oxygen atoms in total. The number of amides is 1. The van der Waals surface area contributed by atoms with Gasteiger partial charge in [0.15, 0.2) is 0 Å². The maximum Gasteiger partial charge on any atom is 0.251 e. The number of rotatable bonds is 4. The van der Waals surface area contributed by atoms with E-state index in [2.05, 4.69) is 15.0 Å². The third kappa shape index (κ3) is 3.99. The van der Waals surface area contributed by atoms with Crippen LogP contribution >= 0.6 is 0 Å². The lowest BCUT2D eigenvalue weighted by molar-refractivity contribution is -0.137. The molecule has 0 aromatic carbocycles. The molecule has 3 unspecified atom stereocenters. The van der Waals surface area contributed by atoms with Crippen LogP contribution in [0, 0.1) is 5.92 Å². The summed E-state index contributed by atoms with van der Waals surface area (Å²) in [5.74, 6) is 0.945. The minimum atomic E-state index is -0.189. The first kappa shape index (κ1) is 18.8. The van der Waals surface area contributed by atoms with Gasteiger partial charge in [0.2, 0.25) is 5.91 Å². The minimum Gasteiger partial charge on any atom is -0.381 e. The summed E-state index contributed by atoms with van der Waals surface area (Å²) in [4.78, 5) is 38.8. The Balaban J connectivity index is 1.48. The van der Waals surface area contributed by atoms with E-state index in [1.54, 1.807) is 13.3 Å². The summed E-state index contributed by atoms with van der Waals surface area (Å²) >= 11 is 0. The number of carbonyl (C=O) groups excluding carboxylic acids is 1. The van der Waals surface area contributed by atoms with Gasteiger partial charge in [-0.15, -0.1) is 0 Å². The monoisotopic (exact) mass is 382 g/mol. The van der Waals surface area contributed by atoms with Crippen molar-refractivity contribution in [2.45, 2.75) is 44.1 Å². The first-order chi connectivity index (χ1) is 13.6. The lowest BCUT2D eigenvalue weighted by Gasteiger charge is -2.30. The van der Waals surface area contributed by atoms with Crippen molar-refractivity contribution in [3.63, 3.8) is 0 Å². The smallest absolute Gasteiger partial charge is 0.251 e. The molecule has 3 atom stereocenters. The van der Waals surface area contributed by atoms with Gasteiger partial charge in [0.1, 0.15) is 5.82 Å². The summed E-state index contributed by atoms with van der Waals surface area (Å²) in [6.07, 6.45) is 6.49. The van der Waals surface area contributed by atoms with Crippen LogP contribution in [0.15, 0.2) is 35.3 Å². The zero-order chi connectivity index (χ0) is 19.5. The number of H-pyrrole nitrogens is 1. The number of pyridine rings is 1.